The monoisotopic (exact) mass is 186 g/mol. The lowest BCUT2D eigenvalue weighted by Gasteiger charge is -2.20. The summed E-state index contributed by atoms with van der Waals surface area (Å²) in [5.41, 5.74) is 7.92. The van der Waals surface area contributed by atoms with Gasteiger partial charge < -0.3 is 10.6 Å². The highest BCUT2D eigenvalue weighted by Gasteiger charge is 2.02. The van der Waals surface area contributed by atoms with E-state index < -0.39 is 0 Å². The van der Waals surface area contributed by atoms with E-state index in [1.54, 1.807) is 0 Å². The third kappa shape index (κ3) is 1.86. The predicted molar refractivity (Wildman–Crippen MR) is 60.0 cm³/mol. The molecule has 0 saturated heterocycles. The number of benzene rings is 1. The molecule has 1 aromatic rings. The van der Waals surface area contributed by atoms with Gasteiger partial charge in [0.25, 0.3) is 0 Å². The second kappa shape index (κ2) is 4.11. The van der Waals surface area contributed by atoms with Crippen LogP contribution in [0.3, 0.4) is 0 Å². The van der Waals surface area contributed by atoms with Gasteiger partial charge in [-0.15, -0.1) is 0 Å². The molecule has 2 heteroatoms. The van der Waals surface area contributed by atoms with E-state index in [0.29, 0.717) is 6.54 Å². The van der Waals surface area contributed by atoms with Crippen molar-refractivity contribution in [3.8, 4) is 0 Å². The van der Waals surface area contributed by atoms with Crippen molar-refractivity contribution in [1.29, 1.82) is 0 Å². The van der Waals surface area contributed by atoms with E-state index in [2.05, 4.69) is 47.5 Å². The van der Waals surface area contributed by atoms with Gasteiger partial charge in [0.05, 0.1) is 0 Å². The van der Waals surface area contributed by atoms with E-state index in [-0.39, 0.29) is 0 Å². The SMILES string of the molecule is NCc1ccc(N2C=CC=CC2)cc1. The van der Waals surface area contributed by atoms with Gasteiger partial charge in [-0.1, -0.05) is 24.3 Å². The first-order valence-corrected chi connectivity index (χ1v) is 4.79. The van der Waals surface area contributed by atoms with Crippen LogP contribution in [-0.4, -0.2) is 6.54 Å². The van der Waals surface area contributed by atoms with Gasteiger partial charge in [-0.05, 0) is 23.8 Å². The minimum absolute atomic E-state index is 0.607. The van der Waals surface area contributed by atoms with Crippen molar-refractivity contribution >= 4 is 5.69 Å². The fourth-order valence-electron chi connectivity index (χ4n) is 1.48. The highest BCUT2D eigenvalue weighted by molar-refractivity contribution is 5.52. The van der Waals surface area contributed by atoms with E-state index in [1.165, 1.54) is 11.3 Å². The standard InChI is InChI=1S/C12H14N2/c13-10-11-4-6-12(7-5-11)14-8-2-1-3-9-14/h1-8H,9-10,13H2. The Morgan fingerprint density at radius 3 is 2.50 bits per heavy atom. The number of hydrogen-bond donors (Lipinski definition) is 1. The van der Waals surface area contributed by atoms with Crippen molar-refractivity contribution in [1.82, 2.24) is 0 Å². The van der Waals surface area contributed by atoms with Crippen LogP contribution in [0.15, 0.2) is 48.7 Å². The number of anilines is 1. The molecule has 0 fully saturated rings. The first-order chi connectivity index (χ1) is 6.90. The fourth-order valence-corrected chi connectivity index (χ4v) is 1.48. The van der Waals surface area contributed by atoms with Crippen molar-refractivity contribution in [2.24, 2.45) is 5.73 Å². The van der Waals surface area contributed by atoms with Gasteiger partial charge in [-0.2, -0.15) is 0 Å². The van der Waals surface area contributed by atoms with E-state index in [9.17, 15) is 0 Å². The van der Waals surface area contributed by atoms with Crippen LogP contribution in [0.4, 0.5) is 5.69 Å². The Labute approximate surface area is 84.3 Å². The largest absolute Gasteiger partial charge is 0.344 e. The quantitative estimate of drug-likeness (QED) is 0.765. The zero-order valence-corrected chi connectivity index (χ0v) is 8.06. The van der Waals surface area contributed by atoms with Crippen molar-refractivity contribution in [3.63, 3.8) is 0 Å². The van der Waals surface area contributed by atoms with Crippen molar-refractivity contribution in [2.45, 2.75) is 6.54 Å². The van der Waals surface area contributed by atoms with Crippen LogP contribution in [0.1, 0.15) is 5.56 Å². The molecular weight excluding hydrogens is 172 g/mol. The molecule has 0 bridgehead atoms. The molecular formula is C12H14N2. The molecule has 1 aromatic carbocycles. The third-order valence-electron chi connectivity index (χ3n) is 2.32. The number of nitrogens with two attached hydrogens (primary N) is 1. The van der Waals surface area contributed by atoms with Crippen LogP contribution < -0.4 is 10.6 Å². The van der Waals surface area contributed by atoms with Gasteiger partial charge in [-0.3, -0.25) is 0 Å². The third-order valence-corrected chi connectivity index (χ3v) is 2.32. The molecule has 0 amide bonds. The first kappa shape index (κ1) is 9.03. The van der Waals surface area contributed by atoms with Crippen molar-refractivity contribution < 1.29 is 0 Å². The van der Waals surface area contributed by atoms with Gasteiger partial charge in [0.1, 0.15) is 0 Å². The Morgan fingerprint density at radius 2 is 1.93 bits per heavy atom. The number of nitrogens with zero attached hydrogens (tertiary/aromatic N) is 1. The number of allylic oxidation sites excluding steroid dienone is 2. The van der Waals surface area contributed by atoms with E-state index in [1.807, 2.05) is 6.08 Å². The van der Waals surface area contributed by atoms with Crippen LogP contribution in [0.25, 0.3) is 0 Å². The van der Waals surface area contributed by atoms with E-state index in [0.717, 1.165) is 6.54 Å². The molecule has 14 heavy (non-hydrogen) atoms. The van der Waals surface area contributed by atoms with Gasteiger partial charge >= 0.3 is 0 Å². The molecule has 2 N–H and O–H groups in total. The highest BCUT2D eigenvalue weighted by Crippen LogP contribution is 2.16. The van der Waals surface area contributed by atoms with Crippen LogP contribution in [0.2, 0.25) is 0 Å². The summed E-state index contributed by atoms with van der Waals surface area (Å²) in [6.45, 7) is 1.55. The molecule has 0 radical (unpaired) electrons. The van der Waals surface area contributed by atoms with Crippen LogP contribution >= 0.6 is 0 Å². The van der Waals surface area contributed by atoms with Crippen LogP contribution in [0.5, 0.6) is 0 Å². The Morgan fingerprint density at radius 1 is 1.14 bits per heavy atom. The average Bonchev–Trinajstić information content (AvgIpc) is 2.30. The lowest BCUT2D eigenvalue weighted by molar-refractivity contribution is 1.05. The second-order valence-electron chi connectivity index (χ2n) is 3.29. The van der Waals surface area contributed by atoms with Gasteiger partial charge in [0, 0.05) is 25.0 Å². The molecule has 0 saturated carbocycles. The zero-order chi connectivity index (χ0) is 9.80. The van der Waals surface area contributed by atoms with Crippen LogP contribution in [-0.2, 0) is 6.54 Å². The van der Waals surface area contributed by atoms with E-state index >= 15 is 0 Å². The maximum absolute atomic E-state index is 5.54. The molecule has 0 spiro atoms. The highest BCUT2D eigenvalue weighted by atomic mass is 15.1. The molecule has 1 aliphatic heterocycles. The van der Waals surface area contributed by atoms with Crippen LogP contribution in [0, 0.1) is 0 Å². The minimum atomic E-state index is 0.607. The van der Waals surface area contributed by atoms with Gasteiger partial charge in [0.15, 0.2) is 0 Å². The molecule has 0 aromatic heterocycles. The van der Waals surface area contributed by atoms with Crippen molar-refractivity contribution in [3.05, 3.63) is 54.3 Å². The van der Waals surface area contributed by atoms with Gasteiger partial charge in [0.2, 0.25) is 0 Å². The summed E-state index contributed by atoms with van der Waals surface area (Å²) < 4.78 is 0. The molecule has 0 atom stereocenters. The van der Waals surface area contributed by atoms with E-state index in [4.69, 9.17) is 5.73 Å². The lowest BCUT2D eigenvalue weighted by atomic mass is 10.2. The maximum Gasteiger partial charge on any atom is 0.0409 e. The number of hydrogen-bond acceptors (Lipinski definition) is 2. The molecule has 1 aliphatic rings. The molecule has 2 nitrogen and oxygen atoms in total. The Hall–Kier alpha value is -1.54. The second-order valence-corrected chi connectivity index (χ2v) is 3.29. The normalized spacial score (nSPS) is 14.8. The van der Waals surface area contributed by atoms with Gasteiger partial charge in [-0.25, -0.2) is 0 Å². The molecule has 72 valence electrons. The fraction of sp³-hybridized carbons (Fsp3) is 0.167. The Bertz CT molecular complexity index is 349. The molecule has 2 rings (SSSR count). The Balaban J connectivity index is 2.16. The molecule has 1 heterocycles. The minimum Gasteiger partial charge on any atom is -0.344 e. The average molecular weight is 186 g/mol. The molecule has 0 unspecified atom stereocenters. The smallest absolute Gasteiger partial charge is 0.0409 e. The number of rotatable bonds is 2. The maximum atomic E-state index is 5.54. The summed E-state index contributed by atoms with van der Waals surface area (Å²) in [5, 5.41) is 0. The molecule has 0 aliphatic carbocycles. The predicted octanol–water partition coefficient (Wildman–Crippen LogP) is 2.04. The lowest BCUT2D eigenvalue weighted by Crippen LogP contribution is -2.17. The summed E-state index contributed by atoms with van der Waals surface area (Å²) in [7, 11) is 0. The summed E-state index contributed by atoms with van der Waals surface area (Å²) in [4.78, 5) is 2.19. The van der Waals surface area contributed by atoms with Crippen molar-refractivity contribution in [2.75, 3.05) is 11.4 Å². The summed E-state index contributed by atoms with van der Waals surface area (Å²) in [5.74, 6) is 0. The summed E-state index contributed by atoms with van der Waals surface area (Å²) in [6.07, 6.45) is 8.32. The summed E-state index contributed by atoms with van der Waals surface area (Å²) >= 11 is 0. The topological polar surface area (TPSA) is 29.3 Å². The Kier molecular flexibility index (Phi) is 2.65. The first-order valence-electron chi connectivity index (χ1n) is 4.79. The summed E-state index contributed by atoms with van der Waals surface area (Å²) in [6, 6.07) is 8.35. The zero-order valence-electron chi connectivity index (χ0n) is 8.06.